The molecule has 326 valence electrons. The Kier molecular flexibility index (Phi) is 8.33. The Morgan fingerprint density at radius 2 is 0.429 bits per heavy atom. The SMILES string of the molecule is c1ccc(-n2c3ccccc3c3ccccc32)c(-c2cccc(-c3ccccc3-n3c4ccccc4c4ccccc43)c2-n2c3ccccc3c3c(-n4c5ccccc5c5ccccc54)cccc32)c1. The molecule has 0 radical (unpaired) electrons. The number of hydrogen-bond acceptors (Lipinski definition) is 0. The maximum Gasteiger partial charge on any atom is 0.0620 e. The monoisotopic (exact) mass is 890 g/mol. The summed E-state index contributed by atoms with van der Waals surface area (Å²) in [6.07, 6.45) is 0. The van der Waals surface area contributed by atoms with Crippen molar-refractivity contribution in [3.8, 4) is 45.0 Å². The molecule has 0 atom stereocenters. The van der Waals surface area contributed by atoms with Gasteiger partial charge in [-0.15, -0.1) is 0 Å². The molecule has 0 unspecified atom stereocenters. The summed E-state index contributed by atoms with van der Waals surface area (Å²) in [5.41, 5.74) is 18.5. The molecule has 4 heterocycles. The molecule has 0 aliphatic rings. The molecule has 15 rings (SSSR count). The first-order valence-corrected chi connectivity index (χ1v) is 24.1. The van der Waals surface area contributed by atoms with Gasteiger partial charge in [0.05, 0.1) is 66.9 Å². The summed E-state index contributed by atoms with van der Waals surface area (Å²) in [7, 11) is 0. The minimum Gasteiger partial charge on any atom is -0.309 e. The van der Waals surface area contributed by atoms with Gasteiger partial charge < -0.3 is 18.3 Å². The average molecular weight is 891 g/mol. The van der Waals surface area contributed by atoms with E-state index in [4.69, 9.17) is 0 Å². The second-order valence-corrected chi connectivity index (χ2v) is 18.4. The maximum absolute atomic E-state index is 2.57. The van der Waals surface area contributed by atoms with E-state index in [2.05, 4.69) is 273 Å². The van der Waals surface area contributed by atoms with Gasteiger partial charge in [-0.2, -0.15) is 0 Å². The minimum absolute atomic E-state index is 1.12. The molecule has 70 heavy (non-hydrogen) atoms. The molecule has 0 saturated heterocycles. The van der Waals surface area contributed by atoms with Crippen LogP contribution in [0.5, 0.6) is 0 Å². The number of rotatable bonds is 6. The molecule has 0 aliphatic carbocycles. The highest BCUT2D eigenvalue weighted by Crippen LogP contribution is 2.47. The molecule has 0 N–H and O–H groups in total. The number of aromatic nitrogens is 4. The lowest BCUT2D eigenvalue weighted by Gasteiger charge is -2.23. The van der Waals surface area contributed by atoms with Gasteiger partial charge in [0.25, 0.3) is 0 Å². The van der Waals surface area contributed by atoms with E-state index < -0.39 is 0 Å². The molecule has 4 aromatic heterocycles. The fourth-order valence-electron chi connectivity index (χ4n) is 12.0. The van der Waals surface area contributed by atoms with Crippen LogP contribution in [0.2, 0.25) is 0 Å². The van der Waals surface area contributed by atoms with E-state index in [1.165, 1.54) is 76.2 Å². The molecular weight excluding hydrogens is 849 g/mol. The normalized spacial score (nSPS) is 12.0. The van der Waals surface area contributed by atoms with Gasteiger partial charge in [-0.1, -0.05) is 188 Å². The third kappa shape index (κ3) is 5.41. The summed E-state index contributed by atoms with van der Waals surface area (Å²) in [5.74, 6) is 0. The molecule has 11 aromatic carbocycles. The molecule has 4 nitrogen and oxygen atoms in total. The summed E-state index contributed by atoms with van der Waals surface area (Å²) in [4.78, 5) is 0. The van der Waals surface area contributed by atoms with Gasteiger partial charge in [0, 0.05) is 65.3 Å². The van der Waals surface area contributed by atoms with Crippen molar-refractivity contribution in [1.82, 2.24) is 18.3 Å². The third-order valence-electron chi connectivity index (χ3n) is 14.8. The van der Waals surface area contributed by atoms with E-state index in [9.17, 15) is 0 Å². The quantitative estimate of drug-likeness (QED) is 0.158. The molecule has 15 aromatic rings. The van der Waals surface area contributed by atoms with Crippen molar-refractivity contribution in [1.29, 1.82) is 0 Å². The van der Waals surface area contributed by atoms with Gasteiger partial charge in [0.1, 0.15) is 0 Å². The highest BCUT2D eigenvalue weighted by molar-refractivity contribution is 6.18. The van der Waals surface area contributed by atoms with Gasteiger partial charge in [-0.3, -0.25) is 0 Å². The highest BCUT2D eigenvalue weighted by atomic mass is 15.0. The van der Waals surface area contributed by atoms with Crippen LogP contribution >= 0.6 is 0 Å². The topological polar surface area (TPSA) is 19.7 Å². The largest absolute Gasteiger partial charge is 0.309 e. The zero-order valence-corrected chi connectivity index (χ0v) is 38.0. The van der Waals surface area contributed by atoms with E-state index in [0.717, 1.165) is 56.0 Å². The smallest absolute Gasteiger partial charge is 0.0620 e. The molecular formula is C66H42N4. The highest BCUT2D eigenvalue weighted by Gasteiger charge is 2.26. The summed E-state index contributed by atoms with van der Waals surface area (Å²) in [6, 6.07) is 93.7. The van der Waals surface area contributed by atoms with Gasteiger partial charge in [-0.05, 0) is 66.7 Å². The van der Waals surface area contributed by atoms with Crippen molar-refractivity contribution >= 4 is 87.2 Å². The van der Waals surface area contributed by atoms with Crippen molar-refractivity contribution in [3.63, 3.8) is 0 Å². The van der Waals surface area contributed by atoms with Crippen molar-refractivity contribution in [2.45, 2.75) is 0 Å². The van der Waals surface area contributed by atoms with Crippen LogP contribution in [0.15, 0.2) is 255 Å². The number of fused-ring (bicyclic) bond motifs is 12. The van der Waals surface area contributed by atoms with E-state index in [-0.39, 0.29) is 0 Å². The number of nitrogens with zero attached hydrogens (tertiary/aromatic N) is 4. The number of hydrogen-bond donors (Lipinski definition) is 0. The Morgan fingerprint density at radius 1 is 0.171 bits per heavy atom. The number of benzene rings is 11. The molecule has 0 aliphatic heterocycles. The Balaban J connectivity index is 1.10. The summed E-state index contributed by atoms with van der Waals surface area (Å²) in [6.45, 7) is 0. The maximum atomic E-state index is 2.57. The molecule has 4 heteroatoms. The van der Waals surface area contributed by atoms with Crippen LogP contribution in [0.25, 0.3) is 132 Å². The van der Waals surface area contributed by atoms with Crippen LogP contribution in [0, 0.1) is 0 Å². The lowest BCUT2D eigenvalue weighted by Crippen LogP contribution is -2.05. The fraction of sp³-hybridized carbons (Fsp3) is 0. The van der Waals surface area contributed by atoms with Crippen molar-refractivity contribution in [2.75, 3.05) is 0 Å². The predicted octanol–water partition coefficient (Wildman–Crippen LogP) is 17.4. The van der Waals surface area contributed by atoms with E-state index in [1.54, 1.807) is 0 Å². The molecule has 0 amide bonds. The number of para-hydroxylation sites is 10. The van der Waals surface area contributed by atoms with Crippen LogP contribution in [0.4, 0.5) is 0 Å². The van der Waals surface area contributed by atoms with Crippen molar-refractivity contribution in [2.24, 2.45) is 0 Å². The van der Waals surface area contributed by atoms with Crippen LogP contribution in [0.1, 0.15) is 0 Å². The van der Waals surface area contributed by atoms with Gasteiger partial charge in [-0.25, -0.2) is 0 Å². The summed E-state index contributed by atoms with van der Waals surface area (Å²) < 4.78 is 9.98. The summed E-state index contributed by atoms with van der Waals surface area (Å²) >= 11 is 0. The van der Waals surface area contributed by atoms with E-state index in [0.29, 0.717) is 0 Å². The van der Waals surface area contributed by atoms with Crippen molar-refractivity contribution in [3.05, 3.63) is 255 Å². The Bertz CT molecular complexity index is 4270. The Labute approximate surface area is 403 Å². The third-order valence-corrected chi connectivity index (χ3v) is 14.8. The lowest BCUT2D eigenvalue weighted by molar-refractivity contribution is 1.15. The Hall–Kier alpha value is -9.38. The first-order chi connectivity index (χ1) is 34.8. The second kappa shape index (κ2) is 15.1. The Morgan fingerprint density at radius 3 is 0.829 bits per heavy atom. The standard InChI is InChI=1S/C66H42N4/c1-10-32-54-43(21-1)44-22-2-11-33-55(44)67(54)60-38-16-7-27-49(60)51-30-19-31-52(50-28-8-17-39-61(50)68-56-34-12-3-23-45(56)46-24-4-13-35-57(46)68)66(51)70-62-40-18-9-29-53(62)65-63(41-20-42-64(65)70)69-58-36-14-5-25-47(58)48-26-6-15-37-59(48)69/h1-42H. The van der Waals surface area contributed by atoms with Crippen LogP contribution in [0.3, 0.4) is 0 Å². The van der Waals surface area contributed by atoms with E-state index in [1.807, 2.05) is 0 Å². The summed E-state index contributed by atoms with van der Waals surface area (Å²) in [5, 5.41) is 9.84. The average Bonchev–Trinajstić information content (AvgIpc) is 4.16. The molecule has 0 bridgehead atoms. The first-order valence-electron chi connectivity index (χ1n) is 24.1. The fourth-order valence-corrected chi connectivity index (χ4v) is 12.0. The second-order valence-electron chi connectivity index (χ2n) is 18.4. The zero-order chi connectivity index (χ0) is 45.9. The van der Waals surface area contributed by atoms with Gasteiger partial charge in [0.2, 0.25) is 0 Å². The van der Waals surface area contributed by atoms with Crippen LogP contribution in [-0.2, 0) is 0 Å². The minimum atomic E-state index is 1.12. The molecule has 0 spiro atoms. The first kappa shape index (κ1) is 38.7. The van der Waals surface area contributed by atoms with Gasteiger partial charge in [0.15, 0.2) is 0 Å². The van der Waals surface area contributed by atoms with Crippen LogP contribution in [-0.4, -0.2) is 18.3 Å². The van der Waals surface area contributed by atoms with Crippen LogP contribution < -0.4 is 0 Å². The van der Waals surface area contributed by atoms with Crippen molar-refractivity contribution < 1.29 is 0 Å². The predicted molar refractivity (Wildman–Crippen MR) is 295 cm³/mol. The molecule has 0 fully saturated rings. The zero-order valence-electron chi connectivity index (χ0n) is 38.0. The van der Waals surface area contributed by atoms with E-state index >= 15 is 0 Å². The molecule has 0 saturated carbocycles. The van der Waals surface area contributed by atoms with Gasteiger partial charge >= 0.3 is 0 Å². The lowest BCUT2D eigenvalue weighted by atomic mass is 9.93.